The number of rotatable bonds is 5. The maximum absolute atomic E-state index is 12.4. The first kappa shape index (κ1) is 17.3. The summed E-state index contributed by atoms with van der Waals surface area (Å²) in [6.07, 6.45) is 1.91. The van der Waals surface area contributed by atoms with Gasteiger partial charge in [-0.25, -0.2) is 0 Å². The van der Waals surface area contributed by atoms with E-state index in [1.54, 1.807) is 25.3 Å². The molecule has 3 rings (SSSR count). The summed E-state index contributed by atoms with van der Waals surface area (Å²) in [5.74, 6) is 0.405. The van der Waals surface area contributed by atoms with E-state index in [0.717, 1.165) is 18.5 Å². The van der Waals surface area contributed by atoms with Gasteiger partial charge in [0.2, 0.25) is 5.91 Å². The summed E-state index contributed by atoms with van der Waals surface area (Å²) in [5.41, 5.74) is 0.795. The number of carbonyl (C=O) groups excluding carboxylic acids is 1. The van der Waals surface area contributed by atoms with Crippen LogP contribution in [0.15, 0.2) is 18.2 Å². The molecule has 0 unspecified atom stereocenters. The van der Waals surface area contributed by atoms with Gasteiger partial charge in [-0.2, -0.15) is 0 Å². The van der Waals surface area contributed by atoms with E-state index in [1.165, 1.54) is 0 Å². The molecule has 2 saturated heterocycles. The number of hydrogen-bond acceptors (Lipinski definition) is 5. The second-order valence-corrected chi connectivity index (χ2v) is 6.45. The van der Waals surface area contributed by atoms with Crippen LogP contribution in [0.4, 0.5) is 5.69 Å². The van der Waals surface area contributed by atoms with Crippen LogP contribution < -0.4 is 10.1 Å². The molecule has 2 heterocycles. The highest BCUT2D eigenvalue weighted by Crippen LogP contribution is 2.31. The number of nitrogens with one attached hydrogen (secondary N) is 1. The van der Waals surface area contributed by atoms with Crippen LogP contribution in [-0.2, 0) is 14.3 Å². The fraction of sp³-hybridized carbons (Fsp3) is 0.588. The molecule has 2 aliphatic heterocycles. The van der Waals surface area contributed by atoms with Crippen LogP contribution in [0.1, 0.15) is 19.3 Å². The van der Waals surface area contributed by atoms with E-state index < -0.39 is 5.79 Å². The lowest BCUT2D eigenvalue weighted by Crippen LogP contribution is -2.47. The maximum Gasteiger partial charge on any atom is 0.224 e. The van der Waals surface area contributed by atoms with Crippen molar-refractivity contribution in [3.8, 4) is 5.75 Å². The number of hydrogen-bond donors (Lipinski definition) is 1. The minimum absolute atomic E-state index is 0.136. The monoisotopic (exact) mass is 354 g/mol. The summed E-state index contributed by atoms with van der Waals surface area (Å²) in [6.45, 7) is 3.20. The third-order valence-electron chi connectivity index (χ3n) is 4.51. The fourth-order valence-electron chi connectivity index (χ4n) is 3.16. The second-order valence-electron chi connectivity index (χ2n) is 6.01. The van der Waals surface area contributed by atoms with Crippen LogP contribution in [0.2, 0.25) is 5.02 Å². The van der Waals surface area contributed by atoms with Crippen LogP contribution in [0.25, 0.3) is 0 Å². The molecule has 1 amide bonds. The number of piperidine rings is 1. The quantitative estimate of drug-likeness (QED) is 0.880. The van der Waals surface area contributed by atoms with E-state index in [2.05, 4.69) is 5.32 Å². The van der Waals surface area contributed by atoms with Crippen molar-refractivity contribution in [3.63, 3.8) is 0 Å². The molecule has 1 N–H and O–H groups in total. The highest BCUT2D eigenvalue weighted by Gasteiger charge is 2.40. The smallest absolute Gasteiger partial charge is 0.224 e. The summed E-state index contributed by atoms with van der Waals surface area (Å²) >= 11 is 6.00. The van der Waals surface area contributed by atoms with Crippen LogP contribution in [-0.4, -0.2) is 56.6 Å². The number of methoxy groups -OCH3 is 1. The molecule has 2 fully saturated rings. The number of carbonyl (C=O) groups is 1. The molecule has 1 aromatic carbocycles. The summed E-state index contributed by atoms with van der Waals surface area (Å²) in [6, 6.07) is 5.37. The highest BCUT2D eigenvalue weighted by molar-refractivity contribution is 6.30. The van der Waals surface area contributed by atoms with Crippen molar-refractivity contribution in [3.05, 3.63) is 23.2 Å². The Morgan fingerprint density at radius 2 is 2.04 bits per heavy atom. The second kappa shape index (κ2) is 7.59. The molecule has 1 aromatic rings. The number of halogens is 1. The molecule has 6 nitrogen and oxygen atoms in total. The maximum atomic E-state index is 12.4. The largest absolute Gasteiger partial charge is 0.495 e. The zero-order valence-corrected chi connectivity index (χ0v) is 14.6. The summed E-state index contributed by atoms with van der Waals surface area (Å²) in [5, 5.41) is 3.84. The van der Waals surface area contributed by atoms with Crippen LogP contribution >= 0.6 is 11.6 Å². The zero-order chi connectivity index (χ0) is 17.0. The first-order chi connectivity index (χ1) is 11.6. The van der Waals surface area contributed by atoms with Crippen LogP contribution in [0.3, 0.4) is 0 Å². The summed E-state index contributed by atoms with van der Waals surface area (Å²) in [4.78, 5) is 14.2. The van der Waals surface area contributed by atoms with Gasteiger partial charge in [-0.1, -0.05) is 11.6 Å². The number of nitrogens with zero attached hydrogens (tertiary/aromatic N) is 1. The Balaban J connectivity index is 1.45. The van der Waals surface area contributed by atoms with Crippen molar-refractivity contribution in [2.24, 2.45) is 0 Å². The molecule has 0 saturated carbocycles. The molecular weight excluding hydrogens is 332 g/mol. The van der Waals surface area contributed by atoms with Gasteiger partial charge in [0.1, 0.15) is 5.75 Å². The standard InChI is InChI=1S/C17H23ClN2O4/c1-22-15-3-2-13(18)12-14(15)19-7-4-16(21)20-8-5-17(6-9-20)23-10-11-24-17/h2-3,12,19H,4-11H2,1H3. The molecule has 0 radical (unpaired) electrons. The molecule has 0 aromatic heterocycles. The Morgan fingerprint density at radius 1 is 1.33 bits per heavy atom. The van der Waals surface area contributed by atoms with Crippen molar-refractivity contribution >= 4 is 23.2 Å². The van der Waals surface area contributed by atoms with Crippen molar-refractivity contribution in [1.29, 1.82) is 0 Å². The van der Waals surface area contributed by atoms with E-state index in [-0.39, 0.29) is 5.91 Å². The molecule has 2 aliphatic rings. The van der Waals surface area contributed by atoms with Gasteiger partial charge in [0, 0.05) is 43.9 Å². The SMILES string of the molecule is COc1ccc(Cl)cc1NCCC(=O)N1CCC2(CC1)OCCO2. The van der Waals surface area contributed by atoms with Gasteiger partial charge in [0.15, 0.2) is 5.79 Å². The van der Waals surface area contributed by atoms with Crippen molar-refractivity contribution < 1.29 is 19.0 Å². The summed E-state index contributed by atoms with van der Waals surface area (Å²) < 4.78 is 16.7. The average Bonchev–Trinajstić information content (AvgIpc) is 3.04. The number of anilines is 1. The van der Waals surface area contributed by atoms with Gasteiger partial charge in [0.05, 0.1) is 26.0 Å². The average molecular weight is 355 g/mol. The van der Waals surface area contributed by atoms with Crippen LogP contribution in [0, 0.1) is 0 Å². The molecule has 24 heavy (non-hydrogen) atoms. The molecule has 132 valence electrons. The van der Waals surface area contributed by atoms with E-state index >= 15 is 0 Å². The van der Waals surface area contributed by atoms with Gasteiger partial charge < -0.3 is 24.4 Å². The molecule has 1 spiro atoms. The Kier molecular flexibility index (Phi) is 5.48. The third-order valence-corrected chi connectivity index (χ3v) is 4.74. The van der Waals surface area contributed by atoms with E-state index in [1.807, 2.05) is 4.90 Å². The van der Waals surface area contributed by atoms with Gasteiger partial charge in [-0.15, -0.1) is 0 Å². The normalized spacial score (nSPS) is 19.5. The molecule has 0 atom stereocenters. The molecular formula is C17H23ClN2O4. The predicted molar refractivity (Wildman–Crippen MR) is 91.6 cm³/mol. The first-order valence-electron chi connectivity index (χ1n) is 8.25. The fourth-order valence-corrected chi connectivity index (χ4v) is 3.34. The molecule has 0 aliphatic carbocycles. The first-order valence-corrected chi connectivity index (χ1v) is 8.63. The minimum atomic E-state index is -0.441. The zero-order valence-electron chi connectivity index (χ0n) is 13.8. The van der Waals surface area contributed by atoms with Crippen molar-refractivity contribution in [2.75, 3.05) is 45.3 Å². The number of benzene rings is 1. The Labute approximate surface area is 147 Å². The Morgan fingerprint density at radius 3 is 2.71 bits per heavy atom. The van der Waals surface area contributed by atoms with Gasteiger partial charge in [-0.3, -0.25) is 4.79 Å². The number of ether oxygens (including phenoxy) is 3. The minimum Gasteiger partial charge on any atom is -0.495 e. The molecule has 7 heteroatoms. The number of amides is 1. The number of likely N-dealkylation sites (tertiary alicyclic amines) is 1. The molecule has 0 bridgehead atoms. The lowest BCUT2D eigenvalue weighted by Gasteiger charge is -2.37. The highest BCUT2D eigenvalue weighted by atomic mass is 35.5. The third kappa shape index (κ3) is 3.94. The van der Waals surface area contributed by atoms with Gasteiger partial charge in [-0.05, 0) is 18.2 Å². The lowest BCUT2D eigenvalue weighted by atomic mass is 10.0. The van der Waals surface area contributed by atoms with Crippen molar-refractivity contribution in [2.45, 2.75) is 25.0 Å². The van der Waals surface area contributed by atoms with E-state index in [0.29, 0.717) is 50.0 Å². The Bertz CT molecular complexity index is 580. The van der Waals surface area contributed by atoms with Crippen LogP contribution in [0.5, 0.6) is 5.75 Å². The lowest BCUT2D eigenvalue weighted by molar-refractivity contribution is -0.187. The predicted octanol–water partition coefficient (Wildman–Crippen LogP) is 2.52. The van der Waals surface area contributed by atoms with E-state index in [4.69, 9.17) is 25.8 Å². The topological polar surface area (TPSA) is 60.0 Å². The van der Waals surface area contributed by atoms with Crippen molar-refractivity contribution in [1.82, 2.24) is 4.90 Å². The van der Waals surface area contributed by atoms with E-state index in [9.17, 15) is 4.79 Å². The Hall–Kier alpha value is -1.50. The summed E-state index contributed by atoms with van der Waals surface area (Å²) in [7, 11) is 1.61. The van der Waals surface area contributed by atoms with Gasteiger partial charge >= 0.3 is 0 Å². The van der Waals surface area contributed by atoms with Gasteiger partial charge in [0.25, 0.3) is 0 Å².